The number of halogens is 1. The van der Waals surface area contributed by atoms with Gasteiger partial charge in [-0.1, -0.05) is 36.6 Å². The number of hydrogen-bond donors (Lipinski definition) is 1. The predicted octanol–water partition coefficient (Wildman–Crippen LogP) is 2.27. The number of piperazine rings is 3. The van der Waals surface area contributed by atoms with Gasteiger partial charge in [0.1, 0.15) is 0 Å². The van der Waals surface area contributed by atoms with E-state index in [1.807, 2.05) is 24.3 Å². The summed E-state index contributed by atoms with van der Waals surface area (Å²) in [7, 11) is 0. The topological polar surface area (TPSA) is 35.6 Å². The molecular formula is C19H26ClN3O. The van der Waals surface area contributed by atoms with Gasteiger partial charge in [-0.15, -0.1) is 0 Å². The summed E-state index contributed by atoms with van der Waals surface area (Å²) in [5.41, 5.74) is 0.768. The lowest BCUT2D eigenvalue weighted by molar-refractivity contribution is -0.127. The smallest absolute Gasteiger partial charge is 0.230 e. The molecule has 4 fully saturated rings. The number of amides is 1. The van der Waals surface area contributed by atoms with Gasteiger partial charge in [0.2, 0.25) is 5.91 Å². The highest BCUT2D eigenvalue weighted by Gasteiger charge is 2.43. The molecule has 24 heavy (non-hydrogen) atoms. The lowest BCUT2D eigenvalue weighted by atomic mass is 9.78. The zero-order valence-corrected chi connectivity index (χ0v) is 14.9. The first kappa shape index (κ1) is 16.4. The molecule has 1 aliphatic carbocycles. The largest absolute Gasteiger partial charge is 0.354 e. The number of carbonyl (C=O) groups is 1. The van der Waals surface area contributed by atoms with E-state index in [-0.39, 0.29) is 11.3 Å². The molecule has 5 heteroatoms. The standard InChI is InChI=1S/C19H26ClN3O/c20-16-5-3-15(4-6-16)19(7-1-2-8-19)18(24)21-13-17-14-22-9-11-23(17)12-10-22/h3-6,17H,1-2,7-14H2,(H,21,24)/t17-/m1/s1. The summed E-state index contributed by atoms with van der Waals surface area (Å²) in [4.78, 5) is 18.2. The fourth-order valence-electron chi connectivity index (χ4n) is 4.69. The summed E-state index contributed by atoms with van der Waals surface area (Å²) in [6.45, 7) is 6.50. The second kappa shape index (κ2) is 6.66. The highest BCUT2D eigenvalue weighted by atomic mass is 35.5. The van der Waals surface area contributed by atoms with Crippen LogP contribution in [0.3, 0.4) is 0 Å². The molecule has 5 rings (SSSR count). The molecule has 0 spiro atoms. The van der Waals surface area contributed by atoms with Gasteiger partial charge in [0.05, 0.1) is 5.41 Å². The van der Waals surface area contributed by atoms with Crippen molar-refractivity contribution in [2.24, 2.45) is 0 Å². The number of hydrogen-bond acceptors (Lipinski definition) is 3. The highest BCUT2D eigenvalue weighted by Crippen LogP contribution is 2.41. The minimum atomic E-state index is -0.353. The summed E-state index contributed by atoms with van der Waals surface area (Å²) in [5, 5.41) is 4.02. The molecule has 1 aromatic carbocycles. The number of fused-ring (bicyclic) bond motifs is 3. The molecule has 3 aliphatic heterocycles. The third-order valence-corrected chi connectivity index (χ3v) is 6.43. The minimum absolute atomic E-state index is 0.208. The second-order valence-electron chi connectivity index (χ2n) is 7.50. The Morgan fingerprint density at radius 3 is 2.38 bits per heavy atom. The maximum atomic E-state index is 13.1. The van der Waals surface area contributed by atoms with Gasteiger partial charge in [-0.25, -0.2) is 0 Å². The van der Waals surface area contributed by atoms with E-state index in [1.165, 1.54) is 13.1 Å². The van der Waals surface area contributed by atoms with Crippen LogP contribution in [0.15, 0.2) is 24.3 Å². The van der Waals surface area contributed by atoms with Crippen LogP contribution in [0.4, 0.5) is 0 Å². The van der Waals surface area contributed by atoms with Crippen molar-refractivity contribution in [2.45, 2.75) is 37.1 Å². The van der Waals surface area contributed by atoms with Gasteiger partial charge < -0.3 is 5.32 Å². The number of benzene rings is 1. The first-order chi connectivity index (χ1) is 11.7. The molecule has 130 valence electrons. The van der Waals surface area contributed by atoms with Crippen molar-refractivity contribution in [3.05, 3.63) is 34.9 Å². The molecule has 4 nitrogen and oxygen atoms in total. The zero-order valence-electron chi connectivity index (χ0n) is 14.1. The molecule has 0 radical (unpaired) electrons. The van der Waals surface area contributed by atoms with Crippen molar-refractivity contribution >= 4 is 17.5 Å². The Balaban J connectivity index is 1.45. The van der Waals surface area contributed by atoms with Crippen molar-refractivity contribution in [1.82, 2.24) is 15.1 Å². The fourth-order valence-corrected chi connectivity index (χ4v) is 4.82. The van der Waals surface area contributed by atoms with E-state index in [9.17, 15) is 4.79 Å². The molecule has 0 aromatic heterocycles. The molecule has 1 amide bonds. The van der Waals surface area contributed by atoms with Crippen LogP contribution in [0.1, 0.15) is 31.2 Å². The van der Waals surface area contributed by atoms with Crippen LogP contribution in [-0.2, 0) is 10.2 Å². The van der Waals surface area contributed by atoms with Crippen molar-refractivity contribution < 1.29 is 4.79 Å². The van der Waals surface area contributed by atoms with E-state index in [0.29, 0.717) is 6.04 Å². The van der Waals surface area contributed by atoms with E-state index >= 15 is 0 Å². The molecule has 4 aliphatic rings. The van der Waals surface area contributed by atoms with Gasteiger partial charge >= 0.3 is 0 Å². The Hall–Kier alpha value is -1.10. The Labute approximate surface area is 149 Å². The monoisotopic (exact) mass is 347 g/mol. The Morgan fingerprint density at radius 2 is 1.79 bits per heavy atom. The number of carbonyl (C=O) groups excluding carboxylic acids is 1. The molecule has 1 aromatic rings. The minimum Gasteiger partial charge on any atom is -0.354 e. The van der Waals surface area contributed by atoms with Crippen LogP contribution in [0, 0.1) is 0 Å². The third kappa shape index (κ3) is 2.96. The lowest BCUT2D eigenvalue weighted by Crippen LogP contribution is -2.64. The average molecular weight is 348 g/mol. The highest BCUT2D eigenvalue weighted by molar-refractivity contribution is 6.30. The van der Waals surface area contributed by atoms with Gasteiger partial charge in [-0.3, -0.25) is 14.6 Å². The van der Waals surface area contributed by atoms with Gasteiger partial charge in [-0.2, -0.15) is 0 Å². The van der Waals surface area contributed by atoms with Crippen molar-refractivity contribution in [2.75, 3.05) is 39.3 Å². The quantitative estimate of drug-likeness (QED) is 0.907. The van der Waals surface area contributed by atoms with Crippen LogP contribution in [0.2, 0.25) is 5.02 Å². The summed E-state index contributed by atoms with van der Waals surface area (Å²) >= 11 is 6.03. The maximum absolute atomic E-state index is 13.1. The van der Waals surface area contributed by atoms with Gasteiger partial charge in [-0.05, 0) is 30.5 Å². The Kier molecular flexibility index (Phi) is 4.54. The summed E-state index contributed by atoms with van der Waals surface area (Å²) in [6.07, 6.45) is 4.14. The third-order valence-electron chi connectivity index (χ3n) is 6.18. The van der Waals surface area contributed by atoms with Crippen LogP contribution >= 0.6 is 11.6 Å². The summed E-state index contributed by atoms with van der Waals surface area (Å²) < 4.78 is 0. The van der Waals surface area contributed by atoms with Crippen molar-refractivity contribution in [1.29, 1.82) is 0 Å². The SMILES string of the molecule is O=C(NC[C@@H]1CN2CCN1CC2)C1(c2ccc(Cl)cc2)CCCC1. The molecule has 1 N–H and O–H groups in total. The van der Waals surface area contributed by atoms with Crippen molar-refractivity contribution in [3.63, 3.8) is 0 Å². The van der Waals surface area contributed by atoms with E-state index in [4.69, 9.17) is 11.6 Å². The first-order valence-electron chi connectivity index (χ1n) is 9.18. The fraction of sp³-hybridized carbons (Fsp3) is 0.632. The van der Waals surface area contributed by atoms with E-state index < -0.39 is 0 Å². The van der Waals surface area contributed by atoms with E-state index in [2.05, 4.69) is 15.1 Å². The molecule has 1 atom stereocenters. The first-order valence-corrected chi connectivity index (χ1v) is 9.56. The van der Waals surface area contributed by atoms with Crippen molar-refractivity contribution in [3.8, 4) is 0 Å². The molecule has 0 unspecified atom stereocenters. The van der Waals surface area contributed by atoms with Crippen LogP contribution in [-0.4, -0.2) is 61.0 Å². The van der Waals surface area contributed by atoms with Crippen LogP contribution < -0.4 is 5.32 Å². The normalized spacial score (nSPS) is 31.1. The van der Waals surface area contributed by atoms with Crippen LogP contribution in [0.25, 0.3) is 0 Å². The summed E-state index contributed by atoms with van der Waals surface area (Å²) in [5.74, 6) is 0.208. The maximum Gasteiger partial charge on any atom is 0.230 e. The van der Waals surface area contributed by atoms with Gasteiger partial charge in [0.25, 0.3) is 0 Å². The van der Waals surface area contributed by atoms with Gasteiger partial charge in [0.15, 0.2) is 0 Å². The number of nitrogens with zero attached hydrogens (tertiary/aromatic N) is 2. The predicted molar refractivity (Wildman–Crippen MR) is 96.4 cm³/mol. The summed E-state index contributed by atoms with van der Waals surface area (Å²) in [6, 6.07) is 8.35. The van der Waals surface area contributed by atoms with E-state index in [1.54, 1.807) is 0 Å². The Bertz CT molecular complexity index is 589. The molecule has 3 heterocycles. The zero-order chi connectivity index (χ0) is 16.6. The molecule has 2 bridgehead atoms. The molecule has 3 saturated heterocycles. The Morgan fingerprint density at radius 1 is 1.12 bits per heavy atom. The average Bonchev–Trinajstić information content (AvgIpc) is 3.12. The lowest BCUT2D eigenvalue weighted by Gasteiger charge is -2.47. The molecule has 1 saturated carbocycles. The van der Waals surface area contributed by atoms with Crippen LogP contribution in [0.5, 0.6) is 0 Å². The number of nitrogens with one attached hydrogen (secondary N) is 1. The second-order valence-corrected chi connectivity index (χ2v) is 7.93. The van der Waals surface area contributed by atoms with Gasteiger partial charge in [0, 0.05) is 50.3 Å². The van der Waals surface area contributed by atoms with E-state index in [0.717, 1.165) is 62.4 Å². The molecular weight excluding hydrogens is 322 g/mol. The number of rotatable bonds is 4.